The molecule has 0 fully saturated rings. The second-order valence-electron chi connectivity index (χ2n) is 6.24. The molecule has 0 bridgehead atoms. The van der Waals surface area contributed by atoms with E-state index in [1.807, 2.05) is 24.3 Å². The van der Waals surface area contributed by atoms with Crippen LogP contribution in [0.4, 0.5) is 16.6 Å². The summed E-state index contributed by atoms with van der Waals surface area (Å²) in [6.45, 7) is 4.21. The number of ether oxygens (including phenoxy) is 1. The van der Waals surface area contributed by atoms with Crippen LogP contribution >= 0.6 is 0 Å². The van der Waals surface area contributed by atoms with E-state index in [1.165, 1.54) is 4.90 Å². The summed E-state index contributed by atoms with van der Waals surface area (Å²) in [6.07, 6.45) is 2.96. The summed E-state index contributed by atoms with van der Waals surface area (Å²) in [4.78, 5) is 17.0. The predicted molar refractivity (Wildman–Crippen MR) is 102 cm³/mol. The van der Waals surface area contributed by atoms with Gasteiger partial charge in [-0.25, -0.2) is 14.7 Å². The molecular weight excluding hydrogens is 348 g/mol. The minimum absolute atomic E-state index is 0.244. The molecule has 9 nitrogen and oxygen atoms in total. The van der Waals surface area contributed by atoms with Gasteiger partial charge in [-0.1, -0.05) is 12.1 Å². The SMILES string of the molecule is COc1ccc(CCNc2nccn3c(N(C(=O)O)C(C)C)nnc23)cc1. The number of aromatic nitrogens is 4. The van der Waals surface area contributed by atoms with Crippen LogP contribution in [0.1, 0.15) is 19.4 Å². The number of fused-ring (bicyclic) bond motifs is 1. The van der Waals surface area contributed by atoms with Gasteiger partial charge < -0.3 is 15.2 Å². The van der Waals surface area contributed by atoms with Gasteiger partial charge in [0, 0.05) is 25.0 Å². The molecule has 9 heteroatoms. The maximum Gasteiger partial charge on any atom is 0.414 e. The van der Waals surface area contributed by atoms with Crippen molar-refractivity contribution < 1.29 is 14.6 Å². The summed E-state index contributed by atoms with van der Waals surface area (Å²) in [6, 6.07) is 7.60. The standard InChI is InChI=1S/C18H22N6O3/c1-12(2)24(18(25)26)17-22-21-16-15(20-10-11-23(16)17)19-9-8-13-4-6-14(27-3)7-5-13/h4-7,10-12H,8-9H2,1-3H3,(H,19,20)(H,25,26). The molecule has 3 aromatic rings. The number of nitrogens with one attached hydrogen (secondary N) is 1. The second-order valence-corrected chi connectivity index (χ2v) is 6.24. The topological polar surface area (TPSA) is 105 Å². The molecule has 0 atom stereocenters. The Morgan fingerprint density at radius 2 is 2.04 bits per heavy atom. The van der Waals surface area contributed by atoms with Crippen LogP contribution in [0.3, 0.4) is 0 Å². The van der Waals surface area contributed by atoms with E-state index in [0.717, 1.165) is 17.7 Å². The average Bonchev–Trinajstić information content (AvgIpc) is 3.06. The number of hydrogen-bond donors (Lipinski definition) is 2. The van der Waals surface area contributed by atoms with E-state index < -0.39 is 6.09 Å². The number of anilines is 2. The summed E-state index contributed by atoms with van der Waals surface area (Å²) in [5.74, 6) is 1.62. The van der Waals surface area contributed by atoms with Crippen LogP contribution in [0, 0.1) is 0 Å². The highest BCUT2D eigenvalue weighted by molar-refractivity contribution is 5.85. The highest BCUT2D eigenvalue weighted by Crippen LogP contribution is 2.20. The van der Waals surface area contributed by atoms with Gasteiger partial charge in [0.25, 0.3) is 0 Å². The van der Waals surface area contributed by atoms with Crippen LogP contribution in [0.25, 0.3) is 5.65 Å². The molecule has 0 saturated heterocycles. The molecule has 0 aliphatic heterocycles. The molecule has 0 saturated carbocycles. The van der Waals surface area contributed by atoms with Gasteiger partial charge in [0.05, 0.1) is 7.11 Å². The first-order valence-electron chi connectivity index (χ1n) is 8.60. The third-order valence-electron chi connectivity index (χ3n) is 4.11. The molecule has 3 rings (SSSR count). The van der Waals surface area contributed by atoms with Gasteiger partial charge in [0.1, 0.15) is 5.75 Å². The number of carbonyl (C=O) groups is 1. The maximum atomic E-state index is 11.5. The highest BCUT2D eigenvalue weighted by Gasteiger charge is 2.24. The van der Waals surface area contributed by atoms with Crippen molar-refractivity contribution in [2.45, 2.75) is 26.3 Å². The molecule has 2 N–H and O–H groups in total. The maximum absolute atomic E-state index is 11.5. The highest BCUT2D eigenvalue weighted by atomic mass is 16.5. The fourth-order valence-electron chi connectivity index (χ4n) is 2.76. The fourth-order valence-corrected chi connectivity index (χ4v) is 2.76. The number of carboxylic acid groups (broad SMARTS) is 1. The Balaban J connectivity index is 1.76. The van der Waals surface area contributed by atoms with Crippen LogP contribution in [0.5, 0.6) is 5.75 Å². The molecule has 2 aromatic heterocycles. The lowest BCUT2D eigenvalue weighted by Gasteiger charge is -2.20. The van der Waals surface area contributed by atoms with Crippen molar-refractivity contribution in [2.24, 2.45) is 0 Å². The smallest absolute Gasteiger partial charge is 0.414 e. The zero-order chi connectivity index (χ0) is 19.4. The van der Waals surface area contributed by atoms with Gasteiger partial charge in [0.2, 0.25) is 11.6 Å². The Hall–Kier alpha value is -3.36. The number of hydrogen-bond acceptors (Lipinski definition) is 6. The summed E-state index contributed by atoms with van der Waals surface area (Å²) in [5, 5.41) is 20.9. The molecule has 1 amide bonds. The number of rotatable bonds is 7. The number of nitrogens with zero attached hydrogens (tertiary/aromatic N) is 5. The number of benzene rings is 1. The van der Waals surface area contributed by atoms with E-state index in [1.54, 1.807) is 37.8 Å². The molecular formula is C18H22N6O3. The molecule has 0 aliphatic carbocycles. The monoisotopic (exact) mass is 370 g/mol. The summed E-state index contributed by atoms with van der Waals surface area (Å²) in [7, 11) is 1.64. The molecule has 2 heterocycles. The predicted octanol–water partition coefficient (Wildman–Crippen LogP) is 2.68. The first-order chi connectivity index (χ1) is 13.0. The van der Waals surface area contributed by atoms with Crippen molar-refractivity contribution in [3.8, 4) is 5.75 Å². The van der Waals surface area contributed by atoms with E-state index in [9.17, 15) is 9.90 Å². The van der Waals surface area contributed by atoms with Crippen molar-refractivity contribution in [1.82, 2.24) is 19.6 Å². The van der Waals surface area contributed by atoms with Gasteiger partial charge in [-0.3, -0.25) is 4.40 Å². The first kappa shape index (κ1) is 18.4. The summed E-state index contributed by atoms with van der Waals surface area (Å²) >= 11 is 0. The quantitative estimate of drug-likeness (QED) is 0.659. The van der Waals surface area contributed by atoms with E-state index in [-0.39, 0.29) is 12.0 Å². The van der Waals surface area contributed by atoms with E-state index >= 15 is 0 Å². The van der Waals surface area contributed by atoms with Crippen molar-refractivity contribution in [2.75, 3.05) is 23.9 Å². The van der Waals surface area contributed by atoms with E-state index in [0.29, 0.717) is 18.0 Å². The van der Waals surface area contributed by atoms with E-state index in [2.05, 4.69) is 20.5 Å². The molecule has 0 unspecified atom stereocenters. The van der Waals surface area contributed by atoms with Crippen LogP contribution in [0.2, 0.25) is 0 Å². The number of amides is 1. The van der Waals surface area contributed by atoms with Gasteiger partial charge in [-0.15, -0.1) is 10.2 Å². The summed E-state index contributed by atoms with van der Waals surface area (Å²) in [5.41, 5.74) is 1.64. The Morgan fingerprint density at radius 3 is 2.67 bits per heavy atom. The van der Waals surface area contributed by atoms with Crippen molar-refractivity contribution in [1.29, 1.82) is 0 Å². The minimum atomic E-state index is -1.08. The van der Waals surface area contributed by atoms with Crippen LogP contribution in [-0.4, -0.2) is 50.5 Å². The zero-order valence-electron chi connectivity index (χ0n) is 15.5. The summed E-state index contributed by atoms with van der Waals surface area (Å²) < 4.78 is 6.78. The zero-order valence-corrected chi connectivity index (χ0v) is 15.5. The largest absolute Gasteiger partial charge is 0.497 e. The minimum Gasteiger partial charge on any atom is -0.497 e. The Bertz CT molecular complexity index is 922. The number of methoxy groups -OCH3 is 1. The van der Waals surface area contributed by atoms with Gasteiger partial charge >= 0.3 is 6.09 Å². The molecule has 1 aromatic carbocycles. The van der Waals surface area contributed by atoms with Crippen LogP contribution in [-0.2, 0) is 6.42 Å². The molecule has 0 aliphatic rings. The lowest BCUT2D eigenvalue weighted by Crippen LogP contribution is -2.37. The lowest BCUT2D eigenvalue weighted by atomic mass is 10.1. The molecule has 0 radical (unpaired) electrons. The Labute approximate surface area is 156 Å². The Kier molecular flexibility index (Phi) is 5.39. The third kappa shape index (κ3) is 3.91. The van der Waals surface area contributed by atoms with Gasteiger partial charge in [-0.2, -0.15) is 0 Å². The average molecular weight is 370 g/mol. The van der Waals surface area contributed by atoms with E-state index in [4.69, 9.17) is 4.74 Å². The first-order valence-corrected chi connectivity index (χ1v) is 8.60. The normalized spacial score (nSPS) is 11.0. The van der Waals surface area contributed by atoms with Crippen molar-refractivity contribution in [3.63, 3.8) is 0 Å². The molecule has 27 heavy (non-hydrogen) atoms. The third-order valence-corrected chi connectivity index (χ3v) is 4.11. The molecule has 142 valence electrons. The second kappa shape index (κ2) is 7.90. The van der Waals surface area contributed by atoms with Crippen molar-refractivity contribution in [3.05, 3.63) is 42.2 Å². The van der Waals surface area contributed by atoms with Crippen LogP contribution in [0.15, 0.2) is 36.7 Å². The van der Waals surface area contributed by atoms with Gasteiger partial charge in [-0.05, 0) is 38.0 Å². The lowest BCUT2D eigenvalue weighted by molar-refractivity contribution is 0.199. The molecule has 0 spiro atoms. The fraction of sp³-hybridized carbons (Fsp3) is 0.333. The Morgan fingerprint density at radius 1 is 1.30 bits per heavy atom. The van der Waals surface area contributed by atoms with Gasteiger partial charge in [0.15, 0.2) is 5.82 Å². The van der Waals surface area contributed by atoms with Crippen molar-refractivity contribution >= 4 is 23.5 Å². The van der Waals surface area contributed by atoms with Crippen LogP contribution < -0.4 is 15.0 Å².